The Labute approximate surface area is 238 Å². The number of halogens is 1. The van der Waals surface area contributed by atoms with Gasteiger partial charge in [0.1, 0.15) is 0 Å². The Hall–Kier alpha value is -3.14. The number of fused-ring (bicyclic) bond motifs is 1. The number of aromatic nitrogens is 1. The van der Waals surface area contributed by atoms with Crippen LogP contribution in [-0.2, 0) is 29.0 Å². The van der Waals surface area contributed by atoms with E-state index in [-0.39, 0.29) is 12.8 Å². The van der Waals surface area contributed by atoms with Gasteiger partial charge in [-0.25, -0.2) is 4.98 Å². The molecule has 2 aliphatic heterocycles. The number of thiazole rings is 1. The van der Waals surface area contributed by atoms with Crippen LogP contribution < -0.4 is 15.5 Å². The molecule has 0 unspecified atom stereocenters. The Bertz CT molecular complexity index is 1240. The molecule has 4 N–H and O–H groups in total. The molecule has 2 aliphatic rings. The van der Waals surface area contributed by atoms with Crippen LogP contribution in [0, 0.1) is 0 Å². The van der Waals surface area contributed by atoms with Crippen LogP contribution in [0.3, 0.4) is 0 Å². The number of hydrogen-bond acceptors (Lipinski definition) is 7. The summed E-state index contributed by atoms with van der Waals surface area (Å²) in [6.45, 7) is 5.08. The minimum absolute atomic E-state index is 0.296. The number of benzene rings is 2. The lowest BCUT2D eigenvalue weighted by molar-refractivity contribution is -0.143. The number of anilines is 2. The highest BCUT2D eigenvalue weighted by Crippen LogP contribution is 2.32. The van der Waals surface area contributed by atoms with Gasteiger partial charge in [-0.15, -0.1) is 11.3 Å². The van der Waals surface area contributed by atoms with Gasteiger partial charge in [-0.1, -0.05) is 41.9 Å². The smallest absolute Gasteiger partial charge is 0.303 e. The Balaban J connectivity index is 0.000000386. The lowest BCUT2D eigenvalue weighted by atomic mass is 10.0. The fraction of sp³-hybridized carbons (Fsp3) is 0.414. The van der Waals surface area contributed by atoms with Gasteiger partial charge in [0.2, 0.25) is 0 Å². The molecule has 0 aliphatic carbocycles. The van der Waals surface area contributed by atoms with E-state index in [1.54, 1.807) is 11.3 Å². The van der Waals surface area contributed by atoms with Gasteiger partial charge in [0.25, 0.3) is 0 Å². The van der Waals surface area contributed by atoms with Crippen molar-refractivity contribution in [3.05, 3.63) is 63.5 Å². The van der Waals surface area contributed by atoms with Crippen molar-refractivity contribution in [2.45, 2.75) is 51.5 Å². The van der Waals surface area contributed by atoms with Crippen LogP contribution >= 0.6 is 22.9 Å². The maximum atomic E-state index is 9.64. The van der Waals surface area contributed by atoms with Crippen LogP contribution in [0.1, 0.15) is 48.8 Å². The van der Waals surface area contributed by atoms with Crippen molar-refractivity contribution in [1.29, 1.82) is 0 Å². The van der Waals surface area contributed by atoms with Gasteiger partial charge in [0, 0.05) is 30.6 Å². The predicted molar refractivity (Wildman–Crippen MR) is 157 cm³/mol. The number of nitrogens with zero attached hydrogens (tertiary/aromatic N) is 2. The fourth-order valence-corrected chi connectivity index (χ4v) is 5.89. The van der Waals surface area contributed by atoms with Crippen molar-refractivity contribution in [2.75, 3.05) is 36.4 Å². The minimum Gasteiger partial charge on any atom is -0.481 e. The molecular weight excluding hydrogens is 536 g/mol. The van der Waals surface area contributed by atoms with Crippen molar-refractivity contribution < 1.29 is 19.8 Å². The predicted octanol–water partition coefficient (Wildman–Crippen LogP) is 5.69. The molecule has 39 heavy (non-hydrogen) atoms. The molecule has 0 amide bonds. The number of carboxylic acids is 2. The largest absolute Gasteiger partial charge is 0.481 e. The first-order chi connectivity index (χ1) is 18.9. The summed E-state index contributed by atoms with van der Waals surface area (Å²) in [4.78, 5) is 26.6. The zero-order valence-corrected chi connectivity index (χ0v) is 23.5. The minimum atomic E-state index is -1.08. The van der Waals surface area contributed by atoms with Gasteiger partial charge in [-0.3, -0.25) is 9.59 Å². The van der Waals surface area contributed by atoms with E-state index in [1.807, 2.05) is 6.07 Å². The van der Waals surface area contributed by atoms with Crippen molar-refractivity contribution in [1.82, 2.24) is 10.3 Å². The molecule has 3 heterocycles. The van der Waals surface area contributed by atoms with Gasteiger partial charge >= 0.3 is 11.9 Å². The lowest BCUT2D eigenvalue weighted by Gasteiger charge is -2.25. The zero-order valence-electron chi connectivity index (χ0n) is 21.9. The normalized spacial score (nSPS) is 14.9. The van der Waals surface area contributed by atoms with Crippen molar-refractivity contribution in [2.24, 2.45) is 0 Å². The summed E-state index contributed by atoms with van der Waals surface area (Å²) in [5.41, 5.74) is 7.37. The number of nitrogens with one attached hydrogen (secondary N) is 2. The molecule has 0 spiro atoms. The van der Waals surface area contributed by atoms with E-state index in [0.29, 0.717) is 0 Å². The first-order valence-corrected chi connectivity index (χ1v) is 14.6. The van der Waals surface area contributed by atoms with Crippen LogP contribution in [0.4, 0.5) is 10.8 Å². The summed E-state index contributed by atoms with van der Waals surface area (Å²) in [6.07, 6.45) is 5.38. The molecule has 0 saturated carbocycles. The van der Waals surface area contributed by atoms with Crippen LogP contribution in [0.25, 0.3) is 11.3 Å². The second kappa shape index (κ2) is 14.3. The Kier molecular flexibility index (Phi) is 10.6. The highest BCUT2D eigenvalue weighted by atomic mass is 35.5. The van der Waals surface area contributed by atoms with Gasteiger partial charge in [0.15, 0.2) is 5.13 Å². The molecule has 5 rings (SSSR count). The summed E-state index contributed by atoms with van der Waals surface area (Å²) in [5.74, 6) is -2.15. The summed E-state index contributed by atoms with van der Waals surface area (Å²) in [5, 5.41) is 27.0. The van der Waals surface area contributed by atoms with E-state index in [0.717, 1.165) is 67.1 Å². The Morgan fingerprint density at radius 1 is 0.974 bits per heavy atom. The van der Waals surface area contributed by atoms with E-state index in [4.69, 9.17) is 26.8 Å². The second-order valence-electron chi connectivity index (χ2n) is 9.71. The molecule has 10 heteroatoms. The van der Waals surface area contributed by atoms with E-state index >= 15 is 0 Å². The van der Waals surface area contributed by atoms with Crippen molar-refractivity contribution in [3.63, 3.8) is 0 Å². The topological polar surface area (TPSA) is 115 Å². The maximum Gasteiger partial charge on any atom is 0.303 e. The molecule has 1 fully saturated rings. The number of piperidine rings is 1. The van der Waals surface area contributed by atoms with Crippen LogP contribution in [0.15, 0.2) is 41.8 Å². The SMILES string of the molecule is Clc1ccc2c(c1NCc1ccc(-c3csc(N4CCCCC4)n3)cc1)CCNCC2.O=C(O)CCC(=O)O. The molecule has 2 aromatic carbocycles. The Morgan fingerprint density at radius 2 is 1.67 bits per heavy atom. The molecular formula is C29H35ClN4O4S. The van der Waals surface area contributed by atoms with E-state index in [9.17, 15) is 9.59 Å². The molecule has 0 atom stereocenters. The van der Waals surface area contributed by atoms with E-state index < -0.39 is 11.9 Å². The summed E-state index contributed by atoms with van der Waals surface area (Å²) in [7, 11) is 0. The third kappa shape index (κ3) is 8.42. The first-order valence-electron chi connectivity index (χ1n) is 13.4. The van der Waals surface area contributed by atoms with Gasteiger partial charge in [-0.2, -0.15) is 0 Å². The monoisotopic (exact) mass is 570 g/mol. The average molecular weight is 571 g/mol. The Morgan fingerprint density at radius 3 is 2.36 bits per heavy atom. The number of hydrogen-bond donors (Lipinski definition) is 4. The molecule has 0 radical (unpaired) electrons. The van der Waals surface area contributed by atoms with E-state index in [2.05, 4.69) is 51.2 Å². The molecule has 3 aromatic rings. The molecule has 1 saturated heterocycles. The van der Waals surface area contributed by atoms with Gasteiger partial charge in [-0.05, 0) is 68.0 Å². The third-order valence-corrected chi connectivity index (χ3v) is 8.09. The standard InChI is InChI=1S/C25H29ClN4S.C4H6O4/c26-22-9-8-19-10-12-27-13-11-21(19)24(22)28-16-18-4-6-20(7-5-18)23-17-31-25(29-23)30-14-2-1-3-15-30;5-3(6)1-2-4(7)8/h4-9,17,27-28H,1-3,10-16H2;1-2H2,(H,5,6)(H,7,8). The summed E-state index contributed by atoms with van der Waals surface area (Å²) >= 11 is 8.32. The van der Waals surface area contributed by atoms with Gasteiger partial charge < -0.3 is 25.7 Å². The van der Waals surface area contributed by atoms with E-state index in [1.165, 1.54) is 41.5 Å². The average Bonchev–Trinajstić information content (AvgIpc) is 3.32. The first kappa shape index (κ1) is 28.9. The van der Waals surface area contributed by atoms with Crippen LogP contribution in [0.5, 0.6) is 0 Å². The zero-order chi connectivity index (χ0) is 27.6. The molecule has 208 valence electrons. The van der Waals surface area contributed by atoms with Crippen LogP contribution in [0.2, 0.25) is 5.02 Å². The quantitative estimate of drug-likeness (QED) is 0.273. The number of carboxylic acid groups (broad SMARTS) is 2. The van der Waals surface area contributed by atoms with Crippen LogP contribution in [-0.4, -0.2) is 53.3 Å². The second-order valence-corrected chi connectivity index (χ2v) is 11.0. The number of carbonyl (C=O) groups is 2. The lowest BCUT2D eigenvalue weighted by Crippen LogP contribution is -2.29. The highest BCUT2D eigenvalue weighted by Gasteiger charge is 2.16. The van der Waals surface area contributed by atoms with Crippen molar-refractivity contribution in [3.8, 4) is 11.3 Å². The summed E-state index contributed by atoms with van der Waals surface area (Å²) in [6, 6.07) is 13.0. The summed E-state index contributed by atoms with van der Waals surface area (Å²) < 4.78 is 0. The molecule has 1 aromatic heterocycles. The highest BCUT2D eigenvalue weighted by molar-refractivity contribution is 7.14. The maximum absolute atomic E-state index is 9.64. The molecule has 8 nitrogen and oxygen atoms in total. The number of rotatable bonds is 8. The van der Waals surface area contributed by atoms with Crippen molar-refractivity contribution >= 4 is 45.7 Å². The number of aliphatic carboxylic acids is 2. The molecule has 0 bridgehead atoms. The van der Waals surface area contributed by atoms with Gasteiger partial charge in [0.05, 0.1) is 29.2 Å². The third-order valence-electron chi connectivity index (χ3n) is 6.87. The fourth-order valence-electron chi connectivity index (χ4n) is 4.76.